The zero-order chi connectivity index (χ0) is 19.6. The molecule has 1 fully saturated rings. The number of nitrogens with zero attached hydrogens (tertiary/aromatic N) is 2. The van der Waals surface area contributed by atoms with E-state index in [4.69, 9.17) is 9.47 Å². The number of aromatic nitrogens is 1. The standard InChI is InChI=1S/C19H20N2O5S2/c22-17(14-1-3-18-15(11-14)5-8-26-18)13-27-19-4-2-16(12-20-19)28(23,24)21-6-9-25-10-7-21/h1-4,11-12H,5-10,13H2. The van der Waals surface area contributed by atoms with Crippen LogP contribution in [0.1, 0.15) is 15.9 Å². The van der Waals surface area contributed by atoms with Crippen molar-refractivity contribution in [2.45, 2.75) is 16.3 Å². The Morgan fingerprint density at radius 3 is 2.71 bits per heavy atom. The smallest absolute Gasteiger partial charge is 0.244 e. The van der Waals surface area contributed by atoms with Crippen LogP contribution in [0.3, 0.4) is 0 Å². The molecule has 0 saturated carbocycles. The molecule has 1 saturated heterocycles. The van der Waals surface area contributed by atoms with Crippen LogP contribution in [-0.2, 0) is 21.2 Å². The molecule has 7 nitrogen and oxygen atoms in total. The number of ether oxygens (including phenoxy) is 2. The van der Waals surface area contributed by atoms with Gasteiger partial charge in [0.15, 0.2) is 5.78 Å². The van der Waals surface area contributed by atoms with E-state index in [0.717, 1.165) is 17.7 Å². The molecule has 0 spiro atoms. The van der Waals surface area contributed by atoms with E-state index >= 15 is 0 Å². The number of sulfonamides is 1. The first-order valence-electron chi connectivity index (χ1n) is 9.00. The van der Waals surface area contributed by atoms with Gasteiger partial charge in [0, 0.05) is 31.3 Å². The number of hydrogen-bond acceptors (Lipinski definition) is 7. The minimum Gasteiger partial charge on any atom is -0.493 e. The quantitative estimate of drug-likeness (QED) is 0.522. The van der Waals surface area contributed by atoms with Gasteiger partial charge in [0.05, 0.1) is 30.6 Å². The first-order valence-corrected chi connectivity index (χ1v) is 11.4. The average molecular weight is 421 g/mol. The summed E-state index contributed by atoms with van der Waals surface area (Å²) in [6.45, 7) is 2.15. The van der Waals surface area contributed by atoms with Crippen molar-refractivity contribution < 1.29 is 22.7 Å². The summed E-state index contributed by atoms with van der Waals surface area (Å²) in [4.78, 5) is 16.8. The minimum absolute atomic E-state index is 0.00603. The fourth-order valence-electron chi connectivity index (χ4n) is 3.12. The number of morpholine rings is 1. The number of thioether (sulfide) groups is 1. The lowest BCUT2D eigenvalue weighted by molar-refractivity contribution is 0.0730. The van der Waals surface area contributed by atoms with Gasteiger partial charge in [0.25, 0.3) is 0 Å². The molecule has 0 atom stereocenters. The van der Waals surface area contributed by atoms with Crippen LogP contribution in [0.2, 0.25) is 0 Å². The summed E-state index contributed by atoms with van der Waals surface area (Å²) in [6, 6.07) is 8.68. The SMILES string of the molecule is O=C(CSc1ccc(S(=O)(=O)N2CCOCC2)cn1)c1ccc2c(c1)CCO2. The monoisotopic (exact) mass is 420 g/mol. The van der Waals surface area contributed by atoms with Gasteiger partial charge in [-0.3, -0.25) is 4.79 Å². The molecule has 2 aliphatic heterocycles. The maximum atomic E-state index is 12.6. The van der Waals surface area contributed by atoms with Gasteiger partial charge < -0.3 is 9.47 Å². The zero-order valence-corrected chi connectivity index (χ0v) is 16.8. The summed E-state index contributed by atoms with van der Waals surface area (Å²) in [5.41, 5.74) is 1.72. The topological polar surface area (TPSA) is 85.8 Å². The van der Waals surface area contributed by atoms with Crippen molar-refractivity contribution >= 4 is 27.6 Å². The Hall–Kier alpha value is -1.94. The molecule has 148 valence electrons. The van der Waals surface area contributed by atoms with Gasteiger partial charge in [-0.15, -0.1) is 0 Å². The third kappa shape index (κ3) is 4.07. The van der Waals surface area contributed by atoms with Crippen LogP contribution < -0.4 is 4.74 Å². The molecule has 0 aliphatic carbocycles. The van der Waals surface area contributed by atoms with Crippen LogP contribution in [0.4, 0.5) is 0 Å². The normalized spacial score (nSPS) is 17.1. The Morgan fingerprint density at radius 2 is 1.96 bits per heavy atom. The number of rotatable bonds is 6. The summed E-state index contributed by atoms with van der Waals surface area (Å²) in [6.07, 6.45) is 2.18. The lowest BCUT2D eigenvalue weighted by Gasteiger charge is -2.25. The Balaban J connectivity index is 1.38. The molecule has 1 aromatic heterocycles. The molecule has 0 bridgehead atoms. The number of benzene rings is 1. The van der Waals surface area contributed by atoms with Gasteiger partial charge in [-0.1, -0.05) is 11.8 Å². The second kappa shape index (κ2) is 8.20. The summed E-state index contributed by atoms with van der Waals surface area (Å²) >= 11 is 1.29. The Morgan fingerprint density at radius 1 is 1.14 bits per heavy atom. The molecule has 0 radical (unpaired) electrons. The van der Waals surface area contributed by atoms with Gasteiger partial charge in [-0.2, -0.15) is 4.31 Å². The van der Waals surface area contributed by atoms with Crippen LogP contribution in [0.5, 0.6) is 5.75 Å². The highest BCUT2D eigenvalue weighted by Gasteiger charge is 2.26. The van der Waals surface area contributed by atoms with Gasteiger partial charge in [-0.05, 0) is 35.9 Å². The van der Waals surface area contributed by atoms with Crippen molar-refractivity contribution in [3.63, 3.8) is 0 Å². The lowest BCUT2D eigenvalue weighted by Crippen LogP contribution is -2.40. The average Bonchev–Trinajstić information content (AvgIpc) is 3.21. The fraction of sp³-hybridized carbons (Fsp3) is 0.368. The summed E-state index contributed by atoms with van der Waals surface area (Å²) < 4.78 is 37.3. The van der Waals surface area contributed by atoms with Crippen molar-refractivity contribution in [3.05, 3.63) is 47.7 Å². The van der Waals surface area contributed by atoms with Gasteiger partial charge in [0.2, 0.25) is 10.0 Å². The van der Waals surface area contributed by atoms with E-state index in [2.05, 4.69) is 4.98 Å². The van der Waals surface area contributed by atoms with Crippen molar-refractivity contribution in [2.24, 2.45) is 0 Å². The van der Waals surface area contributed by atoms with Gasteiger partial charge in [-0.25, -0.2) is 13.4 Å². The second-order valence-corrected chi connectivity index (χ2v) is 9.41. The summed E-state index contributed by atoms with van der Waals surface area (Å²) in [5, 5.41) is 0.610. The third-order valence-corrected chi connectivity index (χ3v) is 7.51. The van der Waals surface area contributed by atoms with Crippen molar-refractivity contribution in [1.29, 1.82) is 0 Å². The molecule has 2 aromatic rings. The number of pyridine rings is 1. The predicted octanol–water partition coefficient (Wildman–Crippen LogP) is 2.01. The number of carbonyl (C=O) groups excluding carboxylic acids is 1. The zero-order valence-electron chi connectivity index (χ0n) is 15.2. The van der Waals surface area contributed by atoms with Crippen LogP contribution in [0, 0.1) is 0 Å². The predicted molar refractivity (Wildman–Crippen MR) is 105 cm³/mol. The first-order chi connectivity index (χ1) is 13.5. The molecule has 28 heavy (non-hydrogen) atoms. The molecule has 0 amide bonds. The van der Waals surface area contributed by atoms with E-state index in [1.807, 2.05) is 12.1 Å². The molecule has 9 heteroatoms. The number of fused-ring (bicyclic) bond motifs is 1. The first kappa shape index (κ1) is 19.4. The minimum atomic E-state index is -3.56. The van der Waals surface area contributed by atoms with E-state index in [1.54, 1.807) is 12.1 Å². The van der Waals surface area contributed by atoms with Gasteiger partial charge >= 0.3 is 0 Å². The molecular weight excluding hydrogens is 400 g/mol. The molecule has 4 rings (SSSR count). The molecule has 2 aliphatic rings. The summed E-state index contributed by atoms with van der Waals surface area (Å²) in [7, 11) is -3.56. The largest absolute Gasteiger partial charge is 0.493 e. The van der Waals surface area contributed by atoms with Crippen molar-refractivity contribution in [1.82, 2.24) is 9.29 Å². The number of hydrogen-bond donors (Lipinski definition) is 0. The number of Topliss-reactive ketones (excluding diaryl/α,β-unsaturated/α-hetero) is 1. The van der Waals surface area contributed by atoms with Crippen LogP contribution in [-0.4, -0.2) is 62.2 Å². The maximum Gasteiger partial charge on any atom is 0.244 e. The number of carbonyl (C=O) groups is 1. The second-order valence-electron chi connectivity index (χ2n) is 6.48. The van der Waals surface area contributed by atoms with Gasteiger partial charge in [0.1, 0.15) is 10.6 Å². The molecule has 1 aromatic carbocycles. The lowest BCUT2D eigenvalue weighted by atomic mass is 10.1. The van der Waals surface area contributed by atoms with Crippen LogP contribution in [0.25, 0.3) is 0 Å². The van der Waals surface area contributed by atoms with E-state index in [0.29, 0.717) is 43.5 Å². The van der Waals surface area contributed by atoms with Crippen LogP contribution in [0.15, 0.2) is 46.5 Å². The molecule has 0 unspecified atom stereocenters. The summed E-state index contributed by atoms with van der Waals surface area (Å²) in [5.74, 6) is 1.09. The maximum absolute atomic E-state index is 12.6. The van der Waals surface area contributed by atoms with Crippen molar-refractivity contribution in [3.8, 4) is 5.75 Å². The molecule has 0 N–H and O–H groups in total. The highest BCUT2D eigenvalue weighted by molar-refractivity contribution is 7.99. The van der Waals surface area contributed by atoms with Crippen LogP contribution >= 0.6 is 11.8 Å². The number of ketones is 1. The highest BCUT2D eigenvalue weighted by atomic mass is 32.2. The van der Waals surface area contributed by atoms with E-state index in [-0.39, 0.29) is 16.4 Å². The van der Waals surface area contributed by atoms with E-state index in [1.165, 1.54) is 28.3 Å². The highest BCUT2D eigenvalue weighted by Crippen LogP contribution is 2.27. The van der Waals surface area contributed by atoms with Crippen molar-refractivity contribution in [2.75, 3.05) is 38.7 Å². The Kier molecular flexibility index (Phi) is 5.68. The van der Waals surface area contributed by atoms with E-state index in [9.17, 15) is 13.2 Å². The Labute approximate surface area is 168 Å². The fourth-order valence-corrected chi connectivity index (χ4v) is 5.21. The van der Waals surface area contributed by atoms with E-state index < -0.39 is 10.0 Å². The molecule has 3 heterocycles. The molecular formula is C19H20N2O5S2. The Bertz CT molecular complexity index is 970. The third-order valence-electron chi connectivity index (χ3n) is 4.68.